The van der Waals surface area contributed by atoms with Crippen molar-refractivity contribution in [2.24, 2.45) is 0 Å². The van der Waals surface area contributed by atoms with E-state index in [1.165, 1.54) is 4.68 Å². The zero-order valence-corrected chi connectivity index (χ0v) is 15.4. The van der Waals surface area contributed by atoms with Gasteiger partial charge in [-0.1, -0.05) is 0 Å². The first-order valence-corrected chi connectivity index (χ1v) is 8.89. The van der Waals surface area contributed by atoms with Crippen LogP contribution in [-0.2, 0) is 19.5 Å². The molecule has 0 spiro atoms. The van der Waals surface area contributed by atoms with Crippen LogP contribution in [0, 0.1) is 0 Å². The van der Waals surface area contributed by atoms with Crippen LogP contribution < -0.4 is 4.74 Å². The van der Waals surface area contributed by atoms with Gasteiger partial charge in [0.1, 0.15) is 5.75 Å². The van der Waals surface area contributed by atoms with Gasteiger partial charge < -0.3 is 19.8 Å². The van der Waals surface area contributed by atoms with Gasteiger partial charge in [-0.05, 0) is 38.1 Å². The van der Waals surface area contributed by atoms with Gasteiger partial charge in [-0.25, -0.2) is 4.79 Å². The normalized spacial score (nSPS) is 13.6. The molecule has 0 radical (unpaired) electrons. The Balaban J connectivity index is 1.80. The topological polar surface area (TPSA) is 105 Å². The highest BCUT2D eigenvalue weighted by Gasteiger charge is 2.30. The molecule has 8 nitrogen and oxygen atoms in total. The summed E-state index contributed by atoms with van der Waals surface area (Å²) in [5, 5.41) is 22.7. The van der Waals surface area contributed by atoms with Crippen molar-refractivity contribution in [3.8, 4) is 5.75 Å². The van der Waals surface area contributed by atoms with Crippen LogP contribution >= 0.6 is 0 Å². The molecule has 8 heteroatoms. The molecular weight excluding hydrogens is 350 g/mol. The minimum Gasteiger partial charge on any atom is -0.491 e. The lowest BCUT2D eigenvalue weighted by molar-refractivity contribution is 0.0674. The summed E-state index contributed by atoms with van der Waals surface area (Å²) < 4.78 is 7.11. The average Bonchev–Trinajstić information content (AvgIpc) is 3.00. The molecule has 1 aromatic heterocycles. The number of aromatic nitrogens is 2. The molecule has 1 aliphatic heterocycles. The SMILES string of the molecule is CC(C)Oc1ccc(C(=O)N2CCc3c(c(C(=O)O)nn3CCO)C2)cc1. The third kappa shape index (κ3) is 3.95. The summed E-state index contributed by atoms with van der Waals surface area (Å²) in [4.78, 5) is 26.0. The quantitative estimate of drug-likeness (QED) is 0.796. The predicted octanol–water partition coefficient (Wildman–Crippen LogP) is 1.56. The third-order valence-corrected chi connectivity index (χ3v) is 4.41. The number of hydrogen-bond donors (Lipinski definition) is 2. The van der Waals surface area contributed by atoms with E-state index in [0.29, 0.717) is 29.8 Å². The summed E-state index contributed by atoms with van der Waals surface area (Å²) >= 11 is 0. The van der Waals surface area contributed by atoms with Gasteiger partial charge in [0.05, 0.1) is 25.8 Å². The van der Waals surface area contributed by atoms with E-state index in [9.17, 15) is 14.7 Å². The van der Waals surface area contributed by atoms with E-state index in [4.69, 9.17) is 9.84 Å². The molecule has 0 fully saturated rings. The number of carbonyl (C=O) groups excluding carboxylic acids is 1. The molecule has 3 rings (SSSR count). The lowest BCUT2D eigenvalue weighted by Crippen LogP contribution is -2.36. The first-order chi connectivity index (χ1) is 12.9. The number of carbonyl (C=O) groups is 2. The van der Waals surface area contributed by atoms with E-state index in [2.05, 4.69) is 5.10 Å². The number of carboxylic acids is 1. The second-order valence-electron chi connectivity index (χ2n) is 6.69. The number of fused-ring (bicyclic) bond motifs is 1. The second-order valence-corrected chi connectivity index (χ2v) is 6.69. The van der Waals surface area contributed by atoms with E-state index in [-0.39, 0.29) is 37.4 Å². The molecule has 27 heavy (non-hydrogen) atoms. The van der Waals surface area contributed by atoms with E-state index >= 15 is 0 Å². The number of nitrogens with zero attached hydrogens (tertiary/aromatic N) is 3. The molecule has 144 valence electrons. The molecule has 0 saturated carbocycles. The van der Waals surface area contributed by atoms with Gasteiger partial charge in [0.2, 0.25) is 0 Å². The highest BCUT2D eigenvalue weighted by atomic mass is 16.5. The third-order valence-electron chi connectivity index (χ3n) is 4.41. The number of aliphatic hydroxyl groups is 1. The van der Waals surface area contributed by atoms with Crippen LogP contribution in [-0.4, -0.2) is 56.0 Å². The molecule has 0 unspecified atom stereocenters. The summed E-state index contributed by atoms with van der Waals surface area (Å²) in [5.74, 6) is -0.601. The number of ether oxygens (including phenoxy) is 1. The fourth-order valence-electron chi connectivity index (χ4n) is 3.25. The van der Waals surface area contributed by atoms with Crippen molar-refractivity contribution in [1.29, 1.82) is 0 Å². The van der Waals surface area contributed by atoms with Crippen molar-refractivity contribution >= 4 is 11.9 Å². The largest absolute Gasteiger partial charge is 0.491 e. The zero-order chi connectivity index (χ0) is 19.6. The fraction of sp³-hybridized carbons (Fsp3) is 0.421. The van der Waals surface area contributed by atoms with Gasteiger partial charge in [0, 0.05) is 29.8 Å². The monoisotopic (exact) mass is 373 g/mol. The summed E-state index contributed by atoms with van der Waals surface area (Å²) in [6.07, 6.45) is 0.549. The standard InChI is InChI=1S/C19H23N3O5/c1-12(2)27-14-5-3-13(4-6-14)18(24)21-8-7-16-15(11-21)17(19(25)26)20-22(16)9-10-23/h3-6,12,23H,7-11H2,1-2H3,(H,25,26). The van der Waals surface area contributed by atoms with E-state index in [0.717, 1.165) is 5.69 Å². The summed E-state index contributed by atoms with van der Waals surface area (Å²) in [6.45, 7) is 4.63. The molecule has 0 aliphatic carbocycles. The Morgan fingerprint density at radius 3 is 2.56 bits per heavy atom. The van der Waals surface area contributed by atoms with Crippen molar-refractivity contribution in [3.63, 3.8) is 0 Å². The molecule has 1 amide bonds. The van der Waals surface area contributed by atoms with Gasteiger partial charge in [-0.2, -0.15) is 5.10 Å². The van der Waals surface area contributed by atoms with Crippen LogP contribution in [0.5, 0.6) is 5.75 Å². The molecular formula is C19H23N3O5. The average molecular weight is 373 g/mol. The Morgan fingerprint density at radius 1 is 1.26 bits per heavy atom. The first-order valence-electron chi connectivity index (χ1n) is 8.89. The van der Waals surface area contributed by atoms with Crippen molar-refractivity contribution < 1.29 is 24.5 Å². The van der Waals surface area contributed by atoms with E-state index in [1.807, 2.05) is 13.8 Å². The van der Waals surface area contributed by atoms with Crippen LogP contribution in [0.1, 0.15) is 46.0 Å². The molecule has 0 saturated heterocycles. The van der Waals surface area contributed by atoms with Gasteiger partial charge in [0.25, 0.3) is 5.91 Å². The molecule has 2 aromatic rings. The smallest absolute Gasteiger partial charge is 0.356 e. The lowest BCUT2D eigenvalue weighted by atomic mass is 10.0. The number of aromatic carboxylic acids is 1. The maximum Gasteiger partial charge on any atom is 0.356 e. The van der Waals surface area contributed by atoms with Gasteiger partial charge >= 0.3 is 5.97 Å². The van der Waals surface area contributed by atoms with Crippen molar-refractivity contribution in [1.82, 2.24) is 14.7 Å². The number of amides is 1. The number of carboxylic acid groups (broad SMARTS) is 1. The Bertz CT molecular complexity index is 842. The van der Waals surface area contributed by atoms with E-state index in [1.54, 1.807) is 29.2 Å². The highest BCUT2D eigenvalue weighted by Crippen LogP contribution is 2.25. The summed E-state index contributed by atoms with van der Waals surface area (Å²) in [6, 6.07) is 6.93. The Labute approximate surface area is 157 Å². The molecule has 0 bridgehead atoms. The molecule has 2 N–H and O–H groups in total. The molecule has 2 heterocycles. The van der Waals surface area contributed by atoms with Crippen LogP contribution in [0.2, 0.25) is 0 Å². The van der Waals surface area contributed by atoms with Gasteiger partial charge in [-0.15, -0.1) is 0 Å². The van der Waals surface area contributed by atoms with Crippen LogP contribution in [0.25, 0.3) is 0 Å². The van der Waals surface area contributed by atoms with Crippen molar-refractivity contribution in [3.05, 3.63) is 46.8 Å². The minimum absolute atomic E-state index is 0.0527. The number of rotatable bonds is 6. The first kappa shape index (κ1) is 18.9. The van der Waals surface area contributed by atoms with Crippen molar-refractivity contribution in [2.45, 2.75) is 39.5 Å². The Morgan fingerprint density at radius 2 is 1.96 bits per heavy atom. The predicted molar refractivity (Wildman–Crippen MR) is 96.9 cm³/mol. The van der Waals surface area contributed by atoms with Crippen LogP contribution in [0.3, 0.4) is 0 Å². The highest BCUT2D eigenvalue weighted by molar-refractivity contribution is 5.95. The molecule has 1 aromatic carbocycles. The number of aliphatic hydroxyl groups excluding tert-OH is 1. The number of benzene rings is 1. The van der Waals surface area contributed by atoms with Crippen LogP contribution in [0.15, 0.2) is 24.3 Å². The number of hydrogen-bond acceptors (Lipinski definition) is 5. The summed E-state index contributed by atoms with van der Waals surface area (Å²) in [5.41, 5.74) is 1.77. The maximum atomic E-state index is 12.8. The lowest BCUT2D eigenvalue weighted by Gasteiger charge is -2.28. The fourth-order valence-corrected chi connectivity index (χ4v) is 3.25. The zero-order valence-electron chi connectivity index (χ0n) is 15.4. The Hall–Kier alpha value is -2.87. The van der Waals surface area contributed by atoms with Crippen molar-refractivity contribution in [2.75, 3.05) is 13.2 Å². The molecule has 0 atom stereocenters. The summed E-state index contributed by atoms with van der Waals surface area (Å²) in [7, 11) is 0. The maximum absolute atomic E-state index is 12.8. The molecule has 1 aliphatic rings. The van der Waals surface area contributed by atoms with Gasteiger partial charge in [0.15, 0.2) is 5.69 Å². The van der Waals surface area contributed by atoms with Gasteiger partial charge in [-0.3, -0.25) is 9.48 Å². The van der Waals surface area contributed by atoms with E-state index < -0.39 is 5.97 Å². The Kier molecular flexibility index (Phi) is 5.46. The second kappa shape index (κ2) is 7.79. The minimum atomic E-state index is -1.13. The van der Waals surface area contributed by atoms with Crippen LogP contribution in [0.4, 0.5) is 0 Å².